The van der Waals surface area contributed by atoms with Gasteiger partial charge in [0.15, 0.2) is 0 Å². The molecule has 0 bridgehead atoms. The maximum atomic E-state index is 5.80. The molecule has 2 aromatic rings. The number of hydrogen-bond donors (Lipinski definition) is 1. The van der Waals surface area contributed by atoms with Gasteiger partial charge in [0.25, 0.3) is 0 Å². The second-order valence-corrected chi connectivity index (χ2v) is 4.60. The van der Waals surface area contributed by atoms with E-state index in [1.165, 1.54) is 6.33 Å². The number of aromatic amines is 1. The van der Waals surface area contributed by atoms with E-state index in [4.69, 9.17) is 4.74 Å². The molecule has 3 rings (SSSR count). The van der Waals surface area contributed by atoms with Crippen LogP contribution in [0.1, 0.15) is 18.2 Å². The van der Waals surface area contributed by atoms with Crippen LogP contribution >= 0.6 is 0 Å². The molecule has 2 aromatic heterocycles. The fraction of sp³-hybridized carbons (Fsp3) is 0.500. The summed E-state index contributed by atoms with van der Waals surface area (Å²) in [5.41, 5.74) is 0. The van der Waals surface area contributed by atoms with Gasteiger partial charge in [0.1, 0.15) is 12.2 Å². The van der Waals surface area contributed by atoms with Crippen LogP contribution in [0.5, 0.6) is 0 Å². The Balaban J connectivity index is 1.69. The molecular formula is C12H16N6O. The molecule has 0 spiro atoms. The van der Waals surface area contributed by atoms with E-state index >= 15 is 0 Å². The molecule has 19 heavy (non-hydrogen) atoms. The highest BCUT2D eigenvalue weighted by atomic mass is 16.5. The second-order valence-electron chi connectivity index (χ2n) is 4.60. The van der Waals surface area contributed by atoms with E-state index in [1.54, 1.807) is 18.5 Å². The van der Waals surface area contributed by atoms with Gasteiger partial charge in [-0.15, -0.1) is 0 Å². The van der Waals surface area contributed by atoms with E-state index in [9.17, 15) is 0 Å². The zero-order chi connectivity index (χ0) is 13.1. The Hall–Kier alpha value is -2.02. The Labute approximate surface area is 111 Å². The molecule has 0 unspecified atom stereocenters. The summed E-state index contributed by atoms with van der Waals surface area (Å²) in [6.07, 6.45) is 6.06. The van der Waals surface area contributed by atoms with E-state index in [-0.39, 0.29) is 12.0 Å². The standard InChI is InChI=1S/C12H16N6O/c1-18(12-13-4-2-5-14-12)7-10-9(3-6-19-10)11-15-8-16-17-11/h2,4-5,8-10H,3,6-7H2,1H3,(H,15,16,17)/t9-,10-/m1/s1. The van der Waals surface area contributed by atoms with Crippen LogP contribution in [-0.2, 0) is 4.74 Å². The van der Waals surface area contributed by atoms with Gasteiger partial charge in [0, 0.05) is 38.5 Å². The Morgan fingerprint density at radius 1 is 1.37 bits per heavy atom. The summed E-state index contributed by atoms with van der Waals surface area (Å²) in [7, 11) is 1.97. The topological polar surface area (TPSA) is 79.8 Å². The predicted molar refractivity (Wildman–Crippen MR) is 68.8 cm³/mol. The second kappa shape index (κ2) is 5.31. The Morgan fingerprint density at radius 3 is 2.95 bits per heavy atom. The Bertz CT molecular complexity index is 502. The number of rotatable bonds is 4. The molecule has 100 valence electrons. The first kappa shape index (κ1) is 12.0. The number of likely N-dealkylation sites (N-methyl/N-ethyl adjacent to an activating group) is 1. The van der Waals surface area contributed by atoms with Crippen molar-refractivity contribution >= 4 is 5.95 Å². The van der Waals surface area contributed by atoms with Crippen LogP contribution in [0.15, 0.2) is 24.8 Å². The lowest BCUT2D eigenvalue weighted by molar-refractivity contribution is 0.108. The lowest BCUT2D eigenvalue weighted by atomic mass is 10.0. The molecule has 7 heteroatoms. The molecule has 7 nitrogen and oxygen atoms in total. The van der Waals surface area contributed by atoms with E-state index in [2.05, 4.69) is 25.1 Å². The van der Waals surface area contributed by atoms with Crippen LogP contribution in [0.3, 0.4) is 0 Å². The lowest BCUT2D eigenvalue weighted by Crippen LogP contribution is -2.33. The van der Waals surface area contributed by atoms with E-state index in [0.29, 0.717) is 5.95 Å². The van der Waals surface area contributed by atoms with Gasteiger partial charge in [-0.25, -0.2) is 15.0 Å². The zero-order valence-electron chi connectivity index (χ0n) is 10.7. The highest BCUT2D eigenvalue weighted by molar-refractivity contribution is 5.27. The average Bonchev–Trinajstić information content (AvgIpc) is 3.10. The van der Waals surface area contributed by atoms with Crippen molar-refractivity contribution in [3.05, 3.63) is 30.6 Å². The van der Waals surface area contributed by atoms with Crippen LogP contribution in [0, 0.1) is 0 Å². The monoisotopic (exact) mass is 260 g/mol. The minimum absolute atomic E-state index is 0.0850. The third-order valence-corrected chi connectivity index (χ3v) is 3.34. The van der Waals surface area contributed by atoms with Gasteiger partial charge in [-0.05, 0) is 12.5 Å². The van der Waals surface area contributed by atoms with Crippen LogP contribution < -0.4 is 4.90 Å². The predicted octanol–water partition coefficient (Wildman–Crippen LogP) is 0.604. The normalized spacial score (nSPS) is 22.6. The van der Waals surface area contributed by atoms with Crippen LogP contribution in [0.4, 0.5) is 5.95 Å². The molecule has 0 amide bonds. The zero-order valence-corrected chi connectivity index (χ0v) is 10.7. The van der Waals surface area contributed by atoms with Crippen molar-refractivity contribution in [2.24, 2.45) is 0 Å². The summed E-state index contributed by atoms with van der Waals surface area (Å²) in [5.74, 6) is 1.85. The van der Waals surface area contributed by atoms with E-state index in [1.807, 2.05) is 11.9 Å². The van der Waals surface area contributed by atoms with Gasteiger partial charge in [-0.3, -0.25) is 5.10 Å². The minimum atomic E-state index is 0.0850. The van der Waals surface area contributed by atoms with E-state index < -0.39 is 0 Å². The van der Waals surface area contributed by atoms with Crippen molar-refractivity contribution in [2.75, 3.05) is 25.1 Å². The van der Waals surface area contributed by atoms with E-state index in [0.717, 1.165) is 25.4 Å². The number of nitrogens with zero attached hydrogens (tertiary/aromatic N) is 5. The molecule has 1 aliphatic rings. The maximum absolute atomic E-state index is 5.80. The highest BCUT2D eigenvalue weighted by Crippen LogP contribution is 2.29. The quantitative estimate of drug-likeness (QED) is 0.867. The summed E-state index contributed by atoms with van der Waals surface area (Å²) in [4.78, 5) is 14.7. The highest BCUT2D eigenvalue weighted by Gasteiger charge is 2.32. The van der Waals surface area contributed by atoms with Crippen molar-refractivity contribution in [1.82, 2.24) is 25.1 Å². The van der Waals surface area contributed by atoms with Crippen molar-refractivity contribution < 1.29 is 4.74 Å². The number of ether oxygens (including phenoxy) is 1. The number of nitrogens with one attached hydrogen (secondary N) is 1. The van der Waals surface area contributed by atoms with Gasteiger partial charge >= 0.3 is 0 Å². The SMILES string of the molecule is CN(C[C@H]1OCC[C@H]1c1ncn[nH]1)c1ncccn1. The number of H-pyrrole nitrogens is 1. The van der Waals surface area contributed by atoms with Gasteiger partial charge < -0.3 is 9.64 Å². The van der Waals surface area contributed by atoms with Crippen molar-refractivity contribution in [3.8, 4) is 0 Å². The number of aromatic nitrogens is 5. The smallest absolute Gasteiger partial charge is 0.225 e. The third-order valence-electron chi connectivity index (χ3n) is 3.34. The first-order valence-corrected chi connectivity index (χ1v) is 6.29. The maximum Gasteiger partial charge on any atom is 0.225 e. The molecule has 1 saturated heterocycles. The first-order chi connectivity index (χ1) is 9.34. The molecule has 2 atom stereocenters. The van der Waals surface area contributed by atoms with Crippen molar-refractivity contribution in [2.45, 2.75) is 18.4 Å². The molecule has 0 saturated carbocycles. The fourth-order valence-corrected chi connectivity index (χ4v) is 2.37. The molecule has 1 aliphatic heterocycles. The minimum Gasteiger partial charge on any atom is -0.376 e. The molecule has 0 aromatic carbocycles. The number of hydrogen-bond acceptors (Lipinski definition) is 6. The molecule has 3 heterocycles. The molecule has 1 fully saturated rings. The van der Waals surface area contributed by atoms with Gasteiger partial charge in [-0.1, -0.05) is 0 Å². The van der Waals surface area contributed by atoms with Crippen molar-refractivity contribution in [3.63, 3.8) is 0 Å². The summed E-state index contributed by atoms with van der Waals surface area (Å²) in [6, 6.07) is 1.81. The summed E-state index contributed by atoms with van der Waals surface area (Å²) >= 11 is 0. The Morgan fingerprint density at radius 2 is 2.21 bits per heavy atom. The third kappa shape index (κ3) is 2.55. The molecule has 0 aliphatic carbocycles. The van der Waals surface area contributed by atoms with Gasteiger partial charge in [0.05, 0.1) is 6.10 Å². The summed E-state index contributed by atoms with van der Waals surface area (Å²) in [5, 5.41) is 6.84. The largest absolute Gasteiger partial charge is 0.376 e. The lowest BCUT2D eigenvalue weighted by Gasteiger charge is -2.23. The molecule has 1 N–H and O–H groups in total. The van der Waals surface area contributed by atoms with Crippen LogP contribution in [0.25, 0.3) is 0 Å². The number of anilines is 1. The fourth-order valence-electron chi connectivity index (χ4n) is 2.37. The van der Waals surface area contributed by atoms with Crippen molar-refractivity contribution in [1.29, 1.82) is 0 Å². The average molecular weight is 260 g/mol. The molecule has 0 radical (unpaired) electrons. The first-order valence-electron chi connectivity index (χ1n) is 6.29. The summed E-state index contributed by atoms with van der Waals surface area (Å²) in [6.45, 7) is 1.48. The molecular weight excluding hydrogens is 244 g/mol. The van der Waals surface area contributed by atoms with Gasteiger partial charge in [0.2, 0.25) is 5.95 Å². The van der Waals surface area contributed by atoms with Crippen LogP contribution in [0.2, 0.25) is 0 Å². The van der Waals surface area contributed by atoms with Crippen LogP contribution in [-0.4, -0.2) is 51.5 Å². The Kier molecular flexibility index (Phi) is 3.37. The summed E-state index contributed by atoms with van der Waals surface area (Å²) < 4.78 is 5.80. The van der Waals surface area contributed by atoms with Gasteiger partial charge in [-0.2, -0.15) is 5.10 Å².